The highest BCUT2D eigenvalue weighted by Crippen LogP contribution is 2.20. The topological polar surface area (TPSA) is 84.5 Å². The van der Waals surface area contributed by atoms with Gasteiger partial charge in [-0.2, -0.15) is 13.2 Å². The van der Waals surface area contributed by atoms with Gasteiger partial charge in [0, 0.05) is 6.42 Å². The average molecular weight is 464 g/mol. The molecule has 0 aromatic heterocycles. The van der Waals surface area contributed by atoms with Crippen LogP contribution in [0.15, 0.2) is 60.7 Å². The first-order chi connectivity index (χ1) is 15.6. The third kappa shape index (κ3) is 8.96. The molecule has 2 amide bonds. The van der Waals surface area contributed by atoms with Crippen LogP contribution >= 0.6 is 0 Å². The van der Waals surface area contributed by atoms with E-state index in [1.165, 1.54) is 0 Å². The average Bonchev–Trinajstić information content (AvgIpc) is 2.76. The summed E-state index contributed by atoms with van der Waals surface area (Å²) in [5.41, 5.74) is 1.19. The summed E-state index contributed by atoms with van der Waals surface area (Å²) < 4.78 is 44.5. The first kappa shape index (κ1) is 25.9. The molecule has 1 unspecified atom stereocenters. The molecule has 2 rings (SSSR count). The number of ether oxygens (including phenoxy) is 1. The molecule has 6 nitrogen and oxygen atoms in total. The largest absolute Gasteiger partial charge is 0.452 e. The summed E-state index contributed by atoms with van der Waals surface area (Å²) >= 11 is 0. The first-order valence-electron chi connectivity index (χ1n) is 10.5. The van der Waals surface area contributed by atoms with Gasteiger partial charge < -0.3 is 15.4 Å². The Morgan fingerprint density at radius 1 is 0.848 bits per heavy atom. The van der Waals surface area contributed by atoms with E-state index in [9.17, 15) is 27.6 Å². The van der Waals surface area contributed by atoms with E-state index in [0.29, 0.717) is 5.56 Å². The van der Waals surface area contributed by atoms with Crippen molar-refractivity contribution in [2.24, 2.45) is 5.92 Å². The third-order valence-corrected chi connectivity index (χ3v) is 4.72. The highest BCUT2D eigenvalue weighted by molar-refractivity contribution is 5.94. The lowest BCUT2D eigenvalue weighted by Crippen LogP contribution is -2.54. The Morgan fingerprint density at radius 3 is 1.91 bits per heavy atom. The minimum atomic E-state index is -5.12. The van der Waals surface area contributed by atoms with Crippen LogP contribution < -0.4 is 10.6 Å². The summed E-state index contributed by atoms with van der Waals surface area (Å²) in [5, 5.41) is 4.58. The second kappa shape index (κ2) is 12.0. The number of hydrogen-bond donors (Lipinski definition) is 2. The summed E-state index contributed by atoms with van der Waals surface area (Å²) in [6, 6.07) is 13.9. The van der Waals surface area contributed by atoms with Crippen molar-refractivity contribution in [3.8, 4) is 0 Å². The van der Waals surface area contributed by atoms with Crippen molar-refractivity contribution >= 4 is 17.8 Å². The van der Waals surface area contributed by atoms with E-state index in [2.05, 4.69) is 10.6 Å². The second-order valence-electron chi connectivity index (χ2n) is 8.00. The molecule has 33 heavy (non-hydrogen) atoms. The zero-order valence-electron chi connectivity index (χ0n) is 18.4. The van der Waals surface area contributed by atoms with E-state index in [-0.39, 0.29) is 25.4 Å². The molecule has 0 heterocycles. The third-order valence-electron chi connectivity index (χ3n) is 4.72. The molecular weight excluding hydrogens is 437 g/mol. The van der Waals surface area contributed by atoms with Gasteiger partial charge in [0.2, 0.25) is 5.91 Å². The molecule has 2 atom stereocenters. The van der Waals surface area contributed by atoms with Gasteiger partial charge in [-0.15, -0.1) is 0 Å². The number of nitrogens with one attached hydrogen (secondary N) is 2. The smallest absolute Gasteiger partial charge is 0.445 e. The number of ketones is 1. The van der Waals surface area contributed by atoms with E-state index in [1.807, 2.05) is 0 Å². The fourth-order valence-electron chi connectivity index (χ4n) is 3.14. The molecule has 0 aliphatic rings. The Bertz CT molecular complexity index is 918. The van der Waals surface area contributed by atoms with Gasteiger partial charge in [-0.3, -0.25) is 9.59 Å². The van der Waals surface area contributed by atoms with E-state index < -0.39 is 36.0 Å². The number of hydrogen-bond acceptors (Lipinski definition) is 4. The monoisotopic (exact) mass is 464 g/mol. The highest BCUT2D eigenvalue weighted by atomic mass is 19.4. The normalized spacial score (nSPS) is 13.2. The molecule has 0 fully saturated rings. The number of rotatable bonds is 10. The molecule has 0 radical (unpaired) electrons. The molecule has 0 saturated heterocycles. The van der Waals surface area contributed by atoms with Gasteiger partial charge in [-0.1, -0.05) is 74.5 Å². The predicted octanol–water partition coefficient (Wildman–Crippen LogP) is 4.19. The van der Waals surface area contributed by atoms with E-state index in [0.717, 1.165) is 5.56 Å². The fourth-order valence-corrected chi connectivity index (χ4v) is 3.14. The van der Waals surface area contributed by atoms with Gasteiger partial charge in [0.25, 0.3) is 5.78 Å². The Morgan fingerprint density at radius 2 is 1.39 bits per heavy atom. The minimum Gasteiger partial charge on any atom is -0.445 e. The Labute approximate surface area is 190 Å². The van der Waals surface area contributed by atoms with Gasteiger partial charge in [0.15, 0.2) is 0 Å². The fraction of sp³-hybridized carbons (Fsp3) is 0.375. The van der Waals surface area contributed by atoms with Crippen LogP contribution in [0.3, 0.4) is 0 Å². The standard InChI is InChI=1S/C24H27F3N2O4/c1-16(2)13-20(29-23(32)33-15-18-11-7-4-8-12-18)22(31)28-19(21(30)24(25,26)27)14-17-9-5-3-6-10-17/h3-12,16,19-20H,13-15H2,1-2H3,(H,28,31)(H,29,32)/t19?,20-/m0/s1. The van der Waals surface area contributed by atoms with Crippen LogP contribution in [-0.2, 0) is 27.4 Å². The van der Waals surface area contributed by atoms with Crippen LogP contribution in [0.1, 0.15) is 31.4 Å². The number of alkyl carbamates (subject to hydrolysis) is 1. The van der Waals surface area contributed by atoms with Gasteiger partial charge >= 0.3 is 12.3 Å². The molecule has 0 aliphatic heterocycles. The predicted molar refractivity (Wildman–Crippen MR) is 116 cm³/mol. The number of halogens is 3. The summed E-state index contributed by atoms with van der Waals surface area (Å²) in [6.45, 7) is 3.55. The summed E-state index contributed by atoms with van der Waals surface area (Å²) in [7, 11) is 0. The molecule has 2 aromatic rings. The van der Waals surface area contributed by atoms with Crippen molar-refractivity contribution in [3.05, 3.63) is 71.8 Å². The van der Waals surface area contributed by atoms with Crippen LogP contribution in [0.25, 0.3) is 0 Å². The van der Waals surface area contributed by atoms with Crippen LogP contribution in [0, 0.1) is 5.92 Å². The maximum Gasteiger partial charge on any atom is 0.452 e. The SMILES string of the molecule is CC(C)C[C@H](NC(=O)OCc1ccccc1)C(=O)NC(Cc1ccccc1)C(=O)C(F)(F)F. The van der Waals surface area contributed by atoms with Crippen molar-refractivity contribution in [1.29, 1.82) is 0 Å². The maximum absolute atomic E-state index is 13.1. The van der Waals surface area contributed by atoms with Crippen molar-refractivity contribution < 1.29 is 32.3 Å². The van der Waals surface area contributed by atoms with Crippen molar-refractivity contribution in [2.75, 3.05) is 0 Å². The Kier molecular flexibility index (Phi) is 9.44. The molecule has 0 aliphatic carbocycles. The van der Waals surface area contributed by atoms with Gasteiger partial charge in [0.1, 0.15) is 18.7 Å². The molecule has 0 spiro atoms. The molecular formula is C24H27F3N2O4. The number of benzene rings is 2. The lowest BCUT2D eigenvalue weighted by molar-refractivity contribution is -0.173. The first-order valence-corrected chi connectivity index (χ1v) is 10.5. The molecule has 178 valence electrons. The van der Waals surface area contributed by atoms with Crippen LogP contribution in [0.5, 0.6) is 0 Å². The van der Waals surface area contributed by atoms with E-state index >= 15 is 0 Å². The minimum absolute atomic E-state index is 0.0358. The van der Waals surface area contributed by atoms with Gasteiger partial charge in [-0.05, 0) is 23.5 Å². The number of carbonyl (C=O) groups is 3. The summed E-state index contributed by atoms with van der Waals surface area (Å²) in [5.74, 6) is -3.02. The lowest BCUT2D eigenvalue weighted by atomic mass is 9.99. The number of Topliss-reactive ketones (excluding diaryl/α,β-unsaturated/α-hetero) is 1. The van der Waals surface area contributed by atoms with Crippen LogP contribution in [0.4, 0.5) is 18.0 Å². The molecule has 2 aromatic carbocycles. The maximum atomic E-state index is 13.1. The van der Waals surface area contributed by atoms with Gasteiger partial charge in [-0.25, -0.2) is 4.79 Å². The van der Waals surface area contributed by atoms with Crippen LogP contribution in [-0.4, -0.2) is 36.0 Å². The van der Waals surface area contributed by atoms with Crippen molar-refractivity contribution in [3.63, 3.8) is 0 Å². The molecule has 0 saturated carbocycles. The van der Waals surface area contributed by atoms with Crippen molar-refractivity contribution in [1.82, 2.24) is 10.6 Å². The van der Waals surface area contributed by atoms with Crippen LogP contribution in [0.2, 0.25) is 0 Å². The lowest BCUT2D eigenvalue weighted by Gasteiger charge is -2.24. The Hall–Kier alpha value is -3.36. The van der Waals surface area contributed by atoms with E-state index in [4.69, 9.17) is 4.74 Å². The van der Waals surface area contributed by atoms with Gasteiger partial charge in [0.05, 0.1) is 0 Å². The number of carbonyl (C=O) groups excluding carboxylic acids is 3. The summed E-state index contributed by atoms with van der Waals surface area (Å²) in [4.78, 5) is 37.0. The molecule has 2 N–H and O–H groups in total. The quantitative estimate of drug-likeness (QED) is 0.552. The molecule has 9 heteroatoms. The number of alkyl halides is 3. The number of amides is 2. The summed E-state index contributed by atoms with van der Waals surface area (Å²) in [6.07, 6.45) is -6.20. The zero-order valence-corrected chi connectivity index (χ0v) is 18.4. The molecule has 0 bridgehead atoms. The van der Waals surface area contributed by atoms with E-state index in [1.54, 1.807) is 74.5 Å². The zero-order chi connectivity index (χ0) is 24.4. The second-order valence-corrected chi connectivity index (χ2v) is 8.00. The Balaban J connectivity index is 2.10. The highest BCUT2D eigenvalue weighted by Gasteiger charge is 2.44. The van der Waals surface area contributed by atoms with Crippen molar-refractivity contribution in [2.45, 2.75) is 51.6 Å².